The molecule has 0 aromatic heterocycles. The molecule has 0 aliphatic heterocycles. The van der Waals surface area contributed by atoms with Crippen molar-refractivity contribution in [3.05, 3.63) is 134 Å². The Labute approximate surface area is 398 Å². The van der Waals surface area contributed by atoms with Gasteiger partial charge in [-0.25, -0.2) is 0 Å². The Balaban J connectivity index is 4.54. The molecule has 0 amide bonds. The van der Waals surface area contributed by atoms with Crippen LogP contribution in [0.5, 0.6) is 0 Å². The van der Waals surface area contributed by atoms with Gasteiger partial charge >= 0.3 is 17.9 Å². The Morgan fingerprint density at radius 2 is 0.631 bits per heavy atom. The third-order valence-electron chi connectivity index (χ3n) is 10.3. The molecule has 1 unspecified atom stereocenters. The molecule has 65 heavy (non-hydrogen) atoms. The van der Waals surface area contributed by atoms with E-state index in [0.29, 0.717) is 19.3 Å². The van der Waals surface area contributed by atoms with Gasteiger partial charge in [-0.15, -0.1) is 0 Å². The Hall–Kier alpha value is -4.45. The molecule has 0 bridgehead atoms. The summed E-state index contributed by atoms with van der Waals surface area (Å²) in [7, 11) is 0. The number of unbranched alkanes of at least 4 members (excludes halogenated alkanes) is 16. The van der Waals surface area contributed by atoms with Crippen molar-refractivity contribution in [1.82, 2.24) is 0 Å². The lowest BCUT2D eigenvalue weighted by atomic mass is 10.1. The summed E-state index contributed by atoms with van der Waals surface area (Å²) in [5.74, 6) is -0.983. The fourth-order valence-electron chi connectivity index (χ4n) is 6.52. The Morgan fingerprint density at radius 1 is 0.323 bits per heavy atom. The Kier molecular flexibility index (Phi) is 48.6. The van der Waals surface area contributed by atoms with Gasteiger partial charge in [0.2, 0.25) is 0 Å². The molecule has 6 heteroatoms. The van der Waals surface area contributed by atoms with Crippen molar-refractivity contribution in [2.45, 2.75) is 207 Å². The minimum atomic E-state index is -0.812. The quantitative estimate of drug-likeness (QED) is 0.0199. The zero-order valence-corrected chi connectivity index (χ0v) is 41.4. The lowest BCUT2D eigenvalue weighted by Crippen LogP contribution is -2.30. The summed E-state index contributed by atoms with van der Waals surface area (Å²) in [5, 5.41) is 0. The number of hydrogen-bond acceptors (Lipinski definition) is 6. The molecule has 1 atom stereocenters. The van der Waals surface area contributed by atoms with E-state index in [1.165, 1.54) is 38.5 Å². The summed E-state index contributed by atoms with van der Waals surface area (Å²) in [6, 6.07) is 0. The average Bonchev–Trinajstić information content (AvgIpc) is 3.30. The number of carbonyl (C=O) groups is 3. The third kappa shape index (κ3) is 50.4. The van der Waals surface area contributed by atoms with E-state index in [9.17, 15) is 14.4 Å². The maximum Gasteiger partial charge on any atom is 0.306 e. The van der Waals surface area contributed by atoms with Gasteiger partial charge in [-0.3, -0.25) is 14.4 Å². The molecule has 0 aromatic carbocycles. The third-order valence-corrected chi connectivity index (χ3v) is 10.3. The fraction of sp³-hybridized carbons (Fsp3) is 0.576. The van der Waals surface area contributed by atoms with Crippen LogP contribution in [0.3, 0.4) is 0 Å². The highest BCUT2D eigenvalue weighted by Gasteiger charge is 2.19. The highest BCUT2D eigenvalue weighted by atomic mass is 16.6. The van der Waals surface area contributed by atoms with Crippen LogP contribution in [0.25, 0.3) is 0 Å². The molecule has 0 aliphatic carbocycles. The highest BCUT2D eigenvalue weighted by molar-refractivity contribution is 5.71. The molecule has 0 fully saturated rings. The molecule has 0 spiro atoms. The molecule has 0 aromatic rings. The molecular formula is C59H92O6. The largest absolute Gasteiger partial charge is 0.462 e. The van der Waals surface area contributed by atoms with Crippen molar-refractivity contribution in [2.24, 2.45) is 0 Å². The first-order valence-electron chi connectivity index (χ1n) is 25.8. The van der Waals surface area contributed by atoms with E-state index in [2.05, 4.69) is 93.7 Å². The Morgan fingerprint density at radius 3 is 1.06 bits per heavy atom. The first kappa shape index (κ1) is 60.5. The van der Waals surface area contributed by atoms with Gasteiger partial charge in [-0.2, -0.15) is 0 Å². The van der Waals surface area contributed by atoms with Crippen LogP contribution in [0.4, 0.5) is 0 Å². The molecule has 6 nitrogen and oxygen atoms in total. The molecule has 0 heterocycles. The molecule has 0 radical (unpaired) electrons. The predicted molar refractivity (Wildman–Crippen MR) is 279 cm³/mol. The van der Waals surface area contributed by atoms with Crippen molar-refractivity contribution in [1.29, 1.82) is 0 Å². The molecule has 0 aliphatic rings. The number of ether oxygens (including phenoxy) is 3. The first-order valence-corrected chi connectivity index (χ1v) is 25.8. The maximum absolute atomic E-state index is 12.8. The number of esters is 3. The van der Waals surface area contributed by atoms with Crippen LogP contribution in [0, 0.1) is 0 Å². The number of hydrogen-bond donors (Lipinski definition) is 0. The van der Waals surface area contributed by atoms with E-state index in [1.807, 2.05) is 60.8 Å². The second-order valence-corrected chi connectivity index (χ2v) is 16.4. The first-order chi connectivity index (χ1) is 32.0. The van der Waals surface area contributed by atoms with Gasteiger partial charge in [0.1, 0.15) is 13.2 Å². The van der Waals surface area contributed by atoms with Gasteiger partial charge in [-0.05, 0) is 96.3 Å². The fourth-order valence-corrected chi connectivity index (χ4v) is 6.52. The van der Waals surface area contributed by atoms with Crippen molar-refractivity contribution in [2.75, 3.05) is 13.2 Å². The van der Waals surface area contributed by atoms with Gasteiger partial charge in [0.25, 0.3) is 0 Å². The second-order valence-electron chi connectivity index (χ2n) is 16.4. The lowest BCUT2D eigenvalue weighted by molar-refractivity contribution is -0.167. The molecule has 0 rings (SSSR count). The molecule has 364 valence electrons. The molecular weight excluding hydrogens is 805 g/mol. The lowest BCUT2D eigenvalue weighted by Gasteiger charge is -2.18. The van der Waals surface area contributed by atoms with Crippen molar-refractivity contribution >= 4 is 17.9 Å². The van der Waals surface area contributed by atoms with Crippen LogP contribution in [-0.2, 0) is 28.6 Å². The molecule has 0 N–H and O–H groups in total. The summed E-state index contributed by atoms with van der Waals surface area (Å²) in [6.07, 6.45) is 72.8. The van der Waals surface area contributed by atoms with Gasteiger partial charge in [0.05, 0.1) is 0 Å². The van der Waals surface area contributed by atoms with Gasteiger partial charge in [-0.1, -0.05) is 219 Å². The van der Waals surface area contributed by atoms with Crippen LogP contribution in [0.1, 0.15) is 201 Å². The monoisotopic (exact) mass is 897 g/mol. The average molecular weight is 897 g/mol. The van der Waals surface area contributed by atoms with Crippen LogP contribution in [0.2, 0.25) is 0 Å². The number of rotatable bonds is 44. The van der Waals surface area contributed by atoms with Crippen molar-refractivity contribution in [3.63, 3.8) is 0 Å². The summed E-state index contributed by atoms with van der Waals surface area (Å²) >= 11 is 0. The van der Waals surface area contributed by atoms with E-state index in [4.69, 9.17) is 14.2 Å². The molecule has 0 saturated carbocycles. The second kappa shape index (κ2) is 52.2. The molecule has 0 saturated heterocycles. The standard InChI is InChI=1S/C59H92O6/c1-4-7-10-13-16-19-22-25-28-30-32-34-37-40-43-46-49-52-58(61)64-55-56(54-63-57(60)51-48-45-42-39-36-33-27-24-21-18-15-12-9-6-3)65-59(62)53-50-47-44-41-38-35-31-29-26-23-20-17-14-11-8-5-2/h7-13,16-22,25-26,28-30,32,34,37,56H,4-6,14-15,23-24,27,31,33,35-36,38-55H2,1-3H3/b10-7-,11-8-,12-9-,16-13-,20-17-,21-18-,22-19-,28-25-,29-26-,32-30+,37-34-. The van der Waals surface area contributed by atoms with E-state index >= 15 is 0 Å². The van der Waals surface area contributed by atoms with E-state index < -0.39 is 6.10 Å². The van der Waals surface area contributed by atoms with Crippen LogP contribution < -0.4 is 0 Å². The summed E-state index contributed by atoms with van der Waals surface area (Å²) < 4.78 is 16.8. The van der Waals surface area contributed by atoms with E-state index in [-0.39, 0.29) is 31.1 Å². The van der Waals surface area contributed by atoms with Crippen molar-refractivity contribution < 1.29 is 28.6 Å². The minimum Gasteiger partial charge on any atom is -0.462 e. The minimum absolute atomic E-state index is 0.107. The summed E-state index contributed by atoms with van der Waals surface area (Å²) in [6.45, 7) is 6.20. The predicted octanol–water partition coefficient (Wildman–Crippen LogP) is 17.1. The van der Waals surface area contributed by atoms with Gasteiger partial charge < -0.3 is 14.2 Å². The summed E-state index contributed by atoms with van der Waals surface area (Å²) in [4.78, 5) is 38.0. The smallest absolute Gasteiger partial charge is 0.306 e. The topological polar surface area (TPSA) is 78.9 Å². The number of allylic oxidation sites excluding steroid dienone is 22. The SMILES string of the molecule is CC\C=C/C=C\C=C/C=C\C=C\C=C/CCCCCC(=O)OCC(COC(=O)CCCCCCCCC/C=C\C/C=C\CC)OC(=O)CCCCCCCC/C=C\C/C=C\C/C=C\CC. The highest BCUT2D eigenvalue weighted by Crippen LogP contribution is 2.13. The summed E-state index contributed by atoms with van der Waals surface area (Å²) in [5.41, 5.74) is 0. The van der Waals surface area contributed by atoms with Crippen molar-refractivity contribution in [3.8, 4) is 0 Å². The maximum atomic E-state index is 12.8. The van der Waals surface area contributed by atoms with Gasteiger partial charge in [0, 0.05) is 19.3 Å². The van der Waals surface area contributed by atoms with Crippen LogP contribution >= 0.6 is 0 Å². The normalized spacial score (nSPS) is 13.2. The Bertz CT molecular complexity index is 1450. The number of carbonyl (C=O) groups excluding carboxylic acids is 3. The zero-order chi connectivity index (χ0) is 47.2. The zero-order valence-electron chi connectivity index (χ0n) is 41.4. The van der Waals surface area contributed by atoms with Crippen LogP contribution in [0.15, 0.2) is 134 Å². The van der Waals surface area contributed by atoms with E-state index in [1.54, 1.807) is 0 Å². The van der Waals surface area contributed by atoms with Crippen LogP contribution in [-0.4, -0.2) is 37.2 Å². The van der Waals surface area contributed by atoms with E-state index in [0.717, 1.165) is 122 Å². The van der Waals surface area contributed by atoms with Gasteiger partial charge in [0.15, 0.2) is 6.10 Å².